The zero-order chi connectivity index (χ0) is 14.5. The van der Waals surface area contributed by atoms with Gasteiger partial charge in [-0.2, -0.15) is 0 Å². The Hall–Kier alpha value is -0.0800. The van der Waals surface area contributed by atoms with Crippen LogP contribution in [0.3, 0.4) is 0 Å². The second kappa shape index (κ2) is 7.64. The maximum atomic E-state index is 3.69. The highest BCUT2D eigenvalue weighted by Gasteiger charge is 2.36. The molecule has 1 saturated carbocycles. The highest BCUT2D eigenvalue weighted by Crippen LogP contribution is 2.33. The van der Waals surface area contributed by atoms with Crippen LogP contribution < -0.4 is 5.32 Å². The van der Waals surface area contributed by atoms with E-state index in [1.54, 1.807) is 0 Å². The number of hydrogen-bond acceptors (Lipinski definition) is 2. The third kappa shape index (κ3) is 5.83. The molecule has 0 aromatic heterocycles. The van der Waals surface area contributed by atoms with Crippen molar-refractivity contribution in [1.29, 1.82) is 0 Å². The highest BCUT2D eigenvalue weighted by molar-refractivity contribution is 4.92. The Labute approximate surface area is 121 Å². The predicted molar refractivity (Wildman–Crippen MR) is 85.6 cm³/mol. The van der Waals surface area contributed by atoms with Crippen molar-refractivity contribution in [1.82, 2.24) is 10.2 Å². The molecule has 0 saturated heterocycles. The maximum Gasteiger partial charge on any atom is 0.0138 e. The summed E-state index contributed by atoms with van der Waals surface area (Å²) in [5.41, 5.74) is 0.255. The lowest BCUT2D eigenvalue weighted by molar-refractivity contribution is 0.0338. The molecule has 2 nitrogen and oxygen atoms in total. The molecule has 0 aliphatic heterocycles. The molecular weight excluding hydrogens is 232 g/mol. The Bertz CT molecular complexity index is 242. The molecule has 114 valence electrons. The van der Waals surface area contributed by atoms with E-state index in [2.05, 4.69) is 51.8 Å². The van der Waals surface area contributed by atoms with E-state index in [0.717, 1.165) is 12.0 Å². The van der Waals surface area contributed by atoms with Crippen LogP contribution >= 0.6 is 0 Å². The Morgan fingerprint density at radius 3 is 2.26 bits per heavy atom. The van der Waals surface area contributed by atoms with Crippen molar-refractivity contribution in [3.8, 4) is 0 Å². The summed E-state index contributed by atoms with van der Waals surface area (Å²) in [6.45, 7) is 16.3. The summed E-state index contributed by atoms with van der Waals surface area (Å²) in [6, 6.07) is 1.52. The second-order valence-corrected chi connectivity index (χ2v) is 7.57. The van der Waals surface area contributed by atoms with Crippen LogP contribution in [-0.4, -0.2) is 35.6 Å². The highest BCUT2D eigenvalue weighted by atomic mass is 15.2. The van der Waals surface area contributed by atoms with E-state index in [-0.39, 0.29) is 5.54 Å². The van der Waals surface area contributed by atoms with Gasteiger partial charge in [0.15, 0.2) is 0 Å². The fourth-order valence-corrected chi connectivity index (χ4v) is 3.01. The average molecular weight is 268 g/mol. The van der Waals surface area contributed by atoms with E-state index in [1.807, 2.05) is 0 Å². The minimum atomic E-state index is 0.255. The summed E-state index contributed by atoms with van der Waals surface area (Å²) < 4.78 is 0. The number of nitrogens with zero attached hydrogens (tertiary/aromatic N) is 1. The van der Waals surface area contributed by atoms with E-state index in [4.69, 9.17) is 0 Å². The van der Waals surface area contributed by atoms with Crippen molar-refractivity contribution in [2.75, 3.05) is 13.1 Å². The van der Waals surface area contributed by atoms with Gasteiger partial charge in [-0.1, -0.05) is 19.8 Å². The van der Waals surface area contributed by atoms with Crippen LogP contribution in [0, 0.1) is 5.92 Å². The van der Waals surface area contributed by atoms with Crippen LogP contribution in [0.1, 0.15) is 73.6 Å². The quantitative estimate of drug-likeness (QED) is 0.668. The topological polar surface area (TPSA) is 15.3 Å². The van der Waals surface area contributed by atoms with Crippen LogP contribution in [0.25, 0.3) is 0 Å². The molecule has 0 amide bonds. The van der Waals surface area contributed by atoms with Crippen molar-refractivity contribution in [3.63, 3.8) is 0 Å². The lowest BCUT2D eigenvalue weighted by atomic mass is 9.77. The van der Waals surface area contributed by atoms with Crippen LogP contribution in [-0.2, 0) is 0 Å². The molecule has 1 aliphatic carbocycles. The molecule has 19 heavy (non-hydrogen) atoms. The van der Waals surface area contributed by atoms with Gasteiger partial charge < -0.3 is 5.32 Å². The van der Waals surface area contributed by atoms with Gasteiger partial charge in [0.2, 0.25) is 0 Å². The largest absolute Gasteiger partial charge is 0.312 e. The van der Waals surface area contributed by atoms with Gasteiger partial charge in [-0.25, -0.2) is 0 Å². The maximum absolute atomic E-state index is 3.69. The van der Waals surface area contributed by atoms with Crippen LogP contribution in [0.4, 0.5) is 0 Å². The minimum Gasteiger partial charge on any atom is -0.312 e. The Kier molecular flexibility index (Phi) is 6.82. The first-order valence-corrected chi connectivity index (χ1v) is 8.36. The molecule has 1 fully saturated rings. The molecule has 0 heterocycles. The molecule has 1 rings (SSSR count). The van der Waals surface area contributed by atoms with Gasteiger partial charge in [0.1, 0.15) is 0 Å². The van der Waals surface area contributed by atoms with E-state index in [1.165, 1.54) is 45.2 Å². The predicted octanol–water partition coefficient (Wildman–Crippen LogP) is 4.05. The first-order valence-electron chi connectivity index (χ1n) is 8.36. The summed E-state index contributed by atoms with van der Waals surface area (Å²) in [5, 5.41) is 3.69. The van der Waals surface area contributed by atoms with Gasteiger partial charge in [0.25, 0.3) is 0 Å². The van der Waals surface area contributed by atoms with Crippen molar-refractivity contribution < 1.29 is 0 Å². The van der Waals surface area contributed by atoms with Gasteiger partial charge in [0, 0.05) is 17.6 Å². The SMILES string of the molecule is CCCCCN(C(C)C)C1CCC1CNC(C)(C)C. The number of nitrogens with one attached hydrogen (secondary N) is 1. The summed E-state index contributed by atoms with van der Waals surface area (Å²) in [6.07, 6.45) is 6.88. The lowest BCUT2D eigenvalue weighted by Crippen LogP contribution is -2.54. The van der Waals surface area contributed by atoms with Gasteiger partial charge in [-0.05, 0) is 72.9 Å². The molecule has 1 N–H and O–H groups in total. The summed E-state index contributed by atoms with van der Waals surface area (Å²) in [7, 11) is 0. The molecule has 2 unspecified atom stereocenters. The number of unbranched alkanes of at least 4 members (excludes halogenated alkanes) is 2. The average Bonchev–Trinajstić information content (AvgIpc) is 2.24. The standard InChI is InChI=1S/C17H36N2/c1-7-8-9-12-19(14(2)3)16-11-10-15(16)13-18-17(4,5)6/h14-16,18H,7-13H2,1-6H3. The zero-order valence-electron chi connectivity index (χ0n) is 14.1. The van der Waals surface area contributed by atoms with Gasteiger partial charge in [0.05, 0.1) is 0 Å². The van der Waals surface area contributed by atoms with E-state index in [9.17, 15) is 0 Å². The number of hydrogen-bond donors (Lipinski definition) is 1. The van der Waals surface area contributed by atoms with Crippen LogP contribution in [0.2, 0.25) is 0 Å². The smallest absolute Gasteiger partial charge is 0.0138 e. The number of rotatable bonds is 8. The first-order chi connectivity index (χ1) is 8.85. The molecule has 0 bridgehead atoms. The van der Waals surface area contributed by atoms with Crippen LogP contribution in [0.15, 0.2) is 0 Å². The third-order valence-electron chi connectivity index (χ3n) is 4.38. The van der Waals surface area contributed by atoms with Crippen molar-refractivity contribution in [2.45, 2.75) is 91.3 Å². The molecule has 2 heteroatoms. The molecular formula is C17H36N2. The third-order valence-corrected chi connectivity index (χ3v) is 4.38. The molecule has 0 spiro atoms. The minimum absolute atomic E-state index is 0.255. The molecule has 1 aliphatic rings. The molecule has 0 aromatic rings. The molecule has 0 aromatic carbocycles. The zero-order valence-corrected chi connectivity index (χ0v) is 14.1. The molecule has 0 radical (unpaired) electrons. The Morgan fingerprint density at radius 1 is 1.16 bits per heavy atom. The van der Waals surface area contributed by atoms with Crippen molar-refractivity contribution >= 4 is 0 Å². The van der Waals surface area contributed by atoms with Gasteiger partial charge in [-0.15, -0.1) is 0 Å². The first kappa shape index (κ1) is 17.0. The summed E-state index contributed by atoms with van der Waals surface area (Å²) >= 11 is 0. The van der Waals surface area contributed by atoms with E-state index < -0.39 is 0 Å². The monoisotopic (exact) mass is 268 g/mol. The van der Waals surface area contributed by atoms with Gasteiger partial charge in [-0.3, -0.25) is 4.90 Å². The second-order valence-electron chi connectivity index (χ2n) is 7.57. The molecule has 2 atom stereocenters. The summed E-state index contributed by atoms with van der Waals surface area (Å²) in [5.74, 6) is 0.864. The fourth-order valence-electron chi connectivity index (χ4n) is 3.01. The lowest BCUT2D eigenvalue weighted by Gasteiger charge is -2.47. The van der Waals surface area contributed by atoms with Crippen LogP contribution in [0.5, 0.6) is 0 Å². The van der Waals surface area contributed by atoms with Gasteiger partial charge >= 0.3 is 0 Å². The van der Waals surface area contributed by atoms with Crippen molar-refractivity contribution in [2.24, 2.45) is 5.92 Å². The summed E-state index contributed by atoms with van der Waals surface area (Å²) in [4.78, 5) is 2.76. The van der Waals surface area contributed by atoms with Crippen molar-refractivity contribution in [3.05, 3.63) is 0 Å². The van der Waals surface area contributed by atoms with E-state index >= 15 is 0 Å². The Balaban J connectivity index is 2.41. The fraction of sp³-hybridized carbons (Fsp3) is 1.00. The normalized spacial score (nSPS) is 24.0. The van der Waals surface area contributed by atoms with E-state index in [0.29, 0.717) is 6.04 Å². The Morgan fingerprint density at radius 2 is 1.84 bits per heavy atom.